The highest BCUT2D eigenvalue weighted by molar-refractivity contribution is 7.13. The van der Waals surface area contributed by atoms with Gasteiger partial charge in [0.05, 0.1) is 0 Å². The van der Waals surface area contributed by atoms with Crippen LogP contribution in [-0.4, -0.2) is 15.0 Å². The number of aromatic amines is 1. The van der Waals surface area contributed by atoms with Gasteiger partial charge in [-0.15, -0.1) is 11.3 Å². The van der Waals surface area contributed by atoms with Crippen LogP contribution < -0.4 is 0 Å². The van der Waals surface area contributed by atoms with Crippen molar-refractivity contribution in [3.63, 3.8) is 0 Å². The molecule has 3 aromatic rings. The molecule has 18 heavy (non-hydrogen) atoms. The molecule has 0 saturated heterocycles. The molecule has 3 heterocycles. The summed E-state index contributed by atoms with van der Waals surface area (Å²) in [4.78, 5) is 10.6. The van der Waals surface area contributed by atoms with E-state index in [0.717, 1.165) is 22.1 Å². The van der Waals surface area contributed by atoms with Crippen LogP contribution >= 0.6 is 11.3 Å². The second-order valence-corrected chi connectivity index (χ2v) is 4.50. The Morgan fingerprint density at radius 2 is 2.11 bits per heavy atom. The number of aromatic nitrogens is 3. The fourth-order valence-electron chi connectivity index (χ4n) is 1.66. The molecule has 3 nitrogen and oxygen atoms in total. The SMILES string of the molecule is FC(F)(F)c1csc(-c2c[nH]c3ncccc23)n1. The van der Waals surface area contributed by atoms with Gasteiger partial charge in [-0.2, -0.15) is 13.2 Å². The van der Waals surface area contributed by atoms with Crippen LogP contribution in [0.3, 0.4) is 0 Å². The monoisotopic (exact) mass is 269 g/mol. The molecule has 0 aliphatic carbocycles. The number of rotatable bonds is 1. The van der Waals surface area contributed by atoms with Gasteiger partial charge in [0.15, 0.2) is 5.69 Å². The Morgan fingerprint density at radius 3 is 2.83 bits per heavy atom. The fourth-order valence-corrected chi connectivity index (χ4v) is 2.52. The van der Waals surface area contributed by atoms with Crippen molar-refractivity contribution in [1.82, 2.24) is 15.0 Å². The van der Waals surface area contributed by atoms with Gasteiger partial charge in [-0.3, -0.25) is 0 Å². The molecule has 0 aromatic carbocycles. The van der Waals surface area contributed by atoms with E-state index in [1.807, 2.05) is 0 Å². The Labute approximate surface area is 103 Å². The number of H-pyrrole nitrogens is 1. The Bertz CT molecular complexity index is 699. The average Bonchev–Trinajstić information content (AvgIpc) is 2.94. The van der Waals surface area contributed by atoms with Gasteiger partial charge >= 0.3 is 6.18 Å². The van der Waals surface area contributed by atoms with Crippen molar-refractivity contribution < 1.29 is 13.2 Å². The second kappa shape index (κ2) is 3.81. The molecule has 0 unspecified atom stereocenters. The van der Waals surface area contributed by atoms with Crippen LogP contribution in [0.5, 0.6) is 0 Å². The van der Waals surface area contributed by atoms with E-state index in [0.29, 0.717) is 16.2 Å². The summed E-state index contributed by atoms with van der Waals surface area (Å²) in [5.74, 6) is 0. The summed E-state index contributed by atoms with van der Waals surface area (Å²) in [7, 11) is 0. The standard InChI is InChI=1S/C11H6F3N3S/c12-11(13,14)8-5-18-10(17-8)7-4-16-9-6(7)2-1-3-15-9/h1-5H,(H,15,16). The molecule has 0 saturated carbocycles. The Balaban J connectivity index is 2.13. The zero-order chi connectivity index (χ0) is 12.8. The predicted octanol–water partition coefficient (Wildman–Crippen LogP) is 3.71. The van der Waals surface area contributed by atoms with E-state index < -0.39 is 11.9 Å². The van der Waals surface area contributed by atoms with Crippen molar-refractivity contribution in [3.05, 3.63) is 35.6 Å². The number of nitrogens with one attached hydrogen (secondary N) is 1. The van der Waals surface area contributed by atoms with E-state index in [-0.39, 0.29) is 0 Å². The number of pyridine rings is 1. The van der Waals surface area contributed by atoms with Crippen LogP contribution in [0.15, 0.2) is 29.9 Å². The van der Waals surface area contributed by atoms with Crippen LogP contribution in [0.1, 0.15) is 5.69 Å². The summed E-state index contributed by atoms with van der Waals surface area (Å²) >= 11 is 0.970. The van der Waals surface area contributed by atoms with Gasteiger partial charge in [0.25, 0.3) is 0 Å². The summed E-state index contributed by atoms with van der Waals surface area (Å²) in [6.45, 7) is 0. The normalized spacial score (nSPS) is 12.2. The zero-order valence-corrected chi connectivity index (χ0v) is 9.64. The van der Waals surface area contributed by atoms with Crippen LogP contribution in [0.2, 0.25) is 0 Å². The molecule has 0 amide bonds. The minimum Gasteiger partial charge on any atom is -0.345 e. The van der Waals surface area contributed by atoms with Crippen molar-refractivity contribution in [1.29, 1.82) is 0 Å². The summed E-state index contributed by atoms with van der Waals surface area (Å²) in [5, 5.41) is 2.12. The van der Waals surface area contributed by atoms with Gasteiger partial charge in [-0.1, -0.05) is 0 Å². The van der Waals surface area contributed by atoms with E-state index in [9.17, 15) is 13.2 Å². The van der Waals surface area contributed by atoms with Crippen molar-refractivity contribution in [2.75, 3.05) is 0 Å². The third-order valence-corrected chi connectivity index (χ3v) is 3.35. The van der Waals surface area contributed by atoms with Gasteiger partial charge in [0.1, 0.15) is 10.7 Å². The van der Waals surface area contributed by atoms with Gasteiger partial charge in [-0.25, -0.2) is 9.97 Å². The minimum absolute atomic E-state index is 0.335. The maximum Gasteiger partial charge on any atom is 0.434 e. The summed E-state index contributed by atoms with van der Waals surface area (Å²) in [6, 6.07) is 3.53. The lowest BCUT2D eigenvalue weighted by Crippen LogP contribution is -2.04. The molecular formula is C11H6F3N3S. The number of fused-ring (bicyclic) bond motifs is 1. The highest BCUT2D eigenvalue weighted by atomic mass is 32.1. The first kappa shape index (κ1) is 11.2. The molecule has 0 bridgehead atoms. The number of hydrogen-bond acceptors (Lipinski definition) is 3. The summed E-state index contributed by atoms with van der Waals surface area (Å²) in [6.07, 6.45) is -1.17. The highest BCUT2D eigenvalue weighted by Crippen LogP contribution is 2.35. The molecule has 92 valence electrons. The molecule has 1 N–H and O–H groups in total. The first-order valence-electron chi connectivity index (χ1n) is 5.01. The van der Waals surface area contributed by atoms with Gasteiger partial charge in [0, 0.05) is 28.7 Å². The third-order valence-electron chi connectivity index (χ3n) is 2.48. The first-order chi connectivity index (χ1) is 8.55. The summed E-state index contributed by atoms with van der Waals surface area (Å²) in [5.41, 5.74) is 0.413. The molecule has 3 rings (SSSR count). The smallest absolute Gasteiger partial charge is 0.345 e. The quantitative estimate of drug-likeness (QED) is 0.731. The lowest BCUT2D eigenvalue weighted by molar-refractivity contribution is -0.140. The molecule has 0 atom stereocenters. The third kappa shape index (κ3) is 1.76. The molecular weight excluding hydrogens is 263 g/mol. The Morgan fingerprint density at radius 1 is 1.28 bits per heavy atom. The molecule has 0 fully saturated rings. The largest absolute Gasteiger partial charge is 0.434 e. The van der Waals surface area contributed by atoms with E-state index in [4.69, 9.17) is 0 Å². The summed E-state index contributed by atoms with van der Waals surface area (Å²) < 4.78 is 37.4. The maximum atomic E-state index is 12.5. The zero-order valence-electron chi connectivity index (χ0n) is 8.82. The van der Waals surface area contributed by atoms with E-state index in [2.05, 4.69) is 15.0 Å². The molecule has 0 aliphatic rings. The topological polar surface area (TPSA) is 41.6 Å². The molecule has 3 aromatic heterocycles. The number of nitrogens with zero attached hydrogens (tertiary/aromatic N) is 2. The lowest BCUT2D eigenvalue weighted by atomic mass is 10.2. The van der Waals surface area contributed by atoms with Gasteiger partial charge in [-0.05, 0) is 12.1 Å². The van der Waals surface area contributed by atoms with Crippen molar-refractivity contribution in [2.45, 2.75) is 6.18 Å². The number of thiazole rings is 1. The van der Waals surface area contributed by atoms with Gasteiger partial charge in [0.2, 0.25) is 0 Å². The molecule has 0 radical (unpaired) electrons. The lowest BCUT2D eigenvalue weighted by Gasteiger charge is -1.99. The van der Waals surface area contributed by atoms with Crippen molar-refractivity contribution in [2.24, 2.45) is 0 Å². The first-order valence-corrected chi connectivity index (χ1v) is 5.89. The Hall–Kier alpha value is -1.89. The van der Waals surface area contributed by atoms with Crippen molar-refractivity contribution >= 4 is 22.4 Å². The fraction of sp³-hybridized carbons (Fsp3) is 0.0909. The number of alkyl halides is 3. The number of hydrogen-bond donors (Lipinski definition) is 1. The molecule has 0 aliphatic heterocycles. The van der Waals surface area contributed by atoms with Crippen LogP contribution in [-0.2, 0) is 6.18 Å². The Kier molecular flexibility index (Phi) is 2.37. The van der Waals surface area contributed by atoms with E-state index >= 15 is 0 Å². The van der Waals surface area contributed by atoms with Gasteiger partial charge < -0.3 is 4.98 Å². The second-order valence-electron chi connectivity index (χ2n) is 3.64. The molecule has 0 spiro atoms. The van der Waals surface area contributed by atoms with Crippen LogP contribution in [0.4, 0.5) is 13.2 Å². The van der Waals surface area contributed by atoms with E-state index in [1.54, 1.807) is 24.5 Å². The minimum atomic E-state index is -4.40. The van der Waals surface area contributed by atoms with Crippen LogP contribution in [0, 0.1) is 0 Å². The number of halogens is 3. The highest BCUT2D eigenvalue weighted by Gasteiger charge is 2.34. The molecule has 7 heteroatoms. The average molecular weight is 269 g/mol. The maximum absolute atomic E-state index is 12.5. The van der Waals surface area contributed by atoms with Crippen LogP contribution in [0.25, 0.3) is 21.6 Å². The van der Waals surface area contributed by atoms with Crippen molar-refractivity contribution in [3.8, 4) is 10.6 Å². The predicted molar refractivity (Wildman–Crippen MR) is 62.2 cm³/mol. The van der Waals surface area contributed by atoms with E-state index in [1.165, 1.54) is 0 Å².